The first-order valence-corrected chi connectivity index (χ1v) is 8.19. The highest BCUT2D eigenvalue weighted by Gasteiger charge is 2.16. The first-order chi connectivity index (χ1) is 10.1. The molecule has 1 aromatic rings. The van der Waals surface area contributed by atoms with E-state index in [9.17, 15) is 9.50 Å². The molecule has 118 valence electrons. The van der Waals surface area contributed by atoms with Gasteiger partial charge in [0.25, 0.3) is 0 Å². The van der Waals surface area contributed by atoms with Crippen LogP contribution in [-0.4, -0.2) is 30.1 Å². The maximum absolute atomic E-state index is 13.5. The quantitative estimate of drug-likeness (QED) is 0.854. The minimum Gasteiger partial charge on any atom is -0.388 e. The van der Waals surface area contributed by atoms with Crippen molar-refractivity contribution in [2.24, 2.45) is 5.92 Å². The molecule has 0 radical (unpaired) electrons. The van der Waals surface area contributed by atoms with E-state index in [0.717, 1.165) is 19.0 Å². The molecule has 2 nitrogen and oxygen atoms in total. The van der Waals surface area contributed by atoms with Crippen LogP contribution >= 0.6 is 0 Å². The predicted octanol–water partition coefficient (Wildman–Crippen LogP) is 4.07. The van der Waals surface area contributed by atoms with Crippen LogP contribution in [0, 0.1) is 18.7 Å². The summed E-state index contributed by atoms with van der Waals surface area (Å²) in [6, 6.07) is 5.02. The van der Waals surface area contributed by atoms with Crippen LogP contribution in [0.4, 0.5) is 4.39 Å². The van der Waals surface area contributed by atoms with Gasteiger partial charge in [-0.15, -0.1) is 0 Å². The molecule has 1 saturated carbocycles. The van der Waals surface area contributed by atoms with Crippen LogP contribution in [0.25, 0.3) is 0 Å². The Morgan fingerprint density at radius 3 is 2.67 bits per heavy atom. The van der Waals surface area contributed by atoms with Gasteiger partial charge >= 0.3 is 0 Å². The van der Waals surface area contributed by atoms with E-state index in [0.29, 0.717) is 17.5 Å². The van der Waals surface area contributed by atoms with Crippen molar-refractivity contribution in [1.82, 2.24) is 4.90 Å². The van der Waals surface area contributed by atoms with Crippen LogP contribution in [-0.2, 0) is 0 Å². The molecular weight excluding hydrogens is 265 g/mol. The number of benzene rings is 1. The molecule has 0 amide bonds. The summed E-state index contributed by atoms with van der Waals surface area (Å²) in [4.78, 5) is 2.31. The third-order valence-corrected chi connectivity index (χ3v) is 4.66. The van der Waals surface area contributed by atoms with Gasteiger partial charge in [0.1, 0.15) is 5.82 Å². The molecule has 1 aliphatic rings. The van der Waals surface area contributed by atoms with E-state index < -0.39 is 6.10 Å². The fraction of sp³-hybridized carbons (Fsp3) is 0.667. The first kappa shape index (κ1) is 16.4. The van der Waals surface area contributed by atoms with Gasteiger partial charge in [-0.25, -0.2) is 4.39 Å². The van der Waals surface area contributed by atoms with Crippen molar-refractivity contribution in [3.63, 3.8) is 0 Å². The predicted molar refractivity (Wildman–Crippen MR) is 84.8 cm³/mol. The Balaban J connectivity index is 1.77. The van der Waals surface area contributed by atoms with Crippen LogP contribution in [0.15, 0.2) is 18.2 Å². The topological polar surface area (TPSA) is 23.5 Å². The van der Waals surface area contributed by atoms with Crippen molar-refractivity contribution in [2.45, 2.75) is 51.6 Å². The lowest BCUT2D eigenvalue weighted by molar-refractivity contribution is 0.140. The molecule has 1 fully saturated rings. The zero-order valence-corrected chi connectivity index (χ0v) is 13.3. The van der Waals surface area contributed by atoms with Gasteiger partial charge in [-0.2, -0.15) is 0 Å². The van der Waals surface area contributed by atoms with Crippen LogP contribution in [0.5, 0.6) is 0 Å². The van der Waals surface area contributed by atoms with E-state index in [1.165, 1.54) is 38.2 Å². The largest absolute Gasteiger partial charge is 0.388 e. The lowest BCUT2D eigenvalue weighted by Gasteiger charge is -2.27. The number of nitrogens with zero attached hydrogens (tertiary/aromatic N) is 1. The summed E-state index contributed by atoms with van der Waals surface area (Å²) in [6.07, 6.45) is 6.89. The van der Waals surface area contributed by atoms with Gasteiger partial charge in [0, 0.05) is 13.1 Å². The zero-order chi connectivity index (χ0) is 15.2. The Morgan fingerprint density at radius 2 is 2.00 bits per heavy atom. The summed E-state index contributed by atoms with van der Waals surface area (Å²) >= 11 is 0. The van der Waals surface area contributed by atoms with Crippen molar-refractivity contribution in [3.05, 3.63) is 35.1 Å². The Labute approximate surface area is 128 Å². The van der Waals surface area contributed by atoms with Crippen LogP contribution in [0.2, 0.25) is 0 Å². The van der Waals surface area contributed by atoms with Crippen molar-refractivity contribution in [1.29, 1.82) is 0 Å². The average molecular weight is 293 g/mol. The van der Waals surface area contributed by atoms with Crippen molar-refractivity contribution in [2.75, 3.05) is 20.1 Å². The molecule has 1 atom stereocenters. The molecule has 0 heterocycles. The average Bonchev–Trinajstić information content (AvgIpc) is 2.48. The van der Waals surface area contributed by atoms with E-state index in [2.05, 4.69) is 11.9 Å². The number of aryl methyl sites for hydroxylation is 1. The molecular formula is C18H28FNO. The summed E-state index contributed by atoms with van der Waals surface area (Å²) in [7, 11) is 2.12. The molecule has 0 saturated heterocycles. The first-order valence-electron chi connectivity index (χ1n) is 8.19. The van der Waals surface area contributed by atoms with E-state index in [1.807, 2.05) is 6.07 Å². The zero-order valence-electron chi connectivity index (χ0n) is 13.3. The van der Waals surface area contributed by atoms with Gasteiger partial charge in [0.05, 0.1) is 6.10 Å². The lowest BCUT2D eigenvalue weighted by Crippen LogP contribution is -2.28. The third kappa shape index (κ3) is 5.08. The molecule has 1 aromatic carbocycles. The van der Waals surface area contributed by atoms with Gasteiger partial charge in [-0.05, 0) is 56.3 Å². The summed E-state index contributed by atoms with van der Waals surface area (Å²) in [5.74, 6) is 0.583. The fourth-order valence-electron chi connectivity index (χ4n) is 3.23. The SMILES string of the molecule is Cc1ccc(C(O)CCN(C)CC2CCCCC2)cc1F. The van der Waals surface area contributed by atoms with Gasteiger partial charge in [-0.1, -0.05) is 31.4 Å². The molecule has 1 aliphatic carbocycles. The van der Waals surface area contributed by atoms with E-state index in [4.69, 9.17) is 0 Å². The number of hydrogen-bond acceptors (Lipinski definition) is 2. The van der Waals surface area contributed by atoms with Crippen LogP contribution in [0.1, 0.15) is 55.8 Å². The molecule has 3 heteroatoms. The molecule has 2 rings (SSSR count). The Kier molecular flexibility index (Phi) is 6.19. The Hall–Kier alpha value is -0.930. The highest BCUT2D eigenvalue weighted by atomic mass is 19.1. The van der Waals surface area contributed by atoms with E-state index >= 15 is 0 Å². The minimum atomic E-state index is -0.575. The minimum absolute atomic E-state index is 0.234. The number of hydrogen-bond donors (Lipinski definition) is 1. The maximum atomic E-state index is 13.5. The van der Waals surface area contributed by atoms with Crippen molar-refractivity contribution in [3.8, 4) is 0 Å². The number of aliphatic hydroxyl groups is 1. The Bertz CT molecular complexity index is 443. The smallest absolute Gasteiger partial charge is 0.126 e. The van der Waals surface area contributed by atoms with Crippen molar-refractivity contribution < 1.29 is 9.50 Å². The van der Waals surface area contributed by atoms with E-state index in [1.54, 1.807) is 13.0 Å². The molecule has 0 aliphatic heterocycles. The molecule has 1 N–H and O–H groups in total. The number of halogens is 1. The van der Waals surface area contributed by atoms with Crippen molar-refractivity contribution >= 4 is 0 Å². The molecule has 0 aromatic heterocycles. The highest BCUT2D eigenvalue weighted by molar-refractivity contribution is 5.24. The summed E-state index contributed by atoms with van der Waals surface area (Å²) in [5, 5.41) is 10.2. The van der Waals surface area contributed by atoms with E-state index in [-0.39, 0.29) is 5.82 Å². The van der Waals surface area contributed by atoms with Crippen LogP contribution < -0.4 is 0 Å². The number of aliphatic hydroxyl groups excluding tert-OH is 1. The monoisotopic (exact) mass is 293 g/mol. The fourth-order valence-corrected chi connectivity index (χ4v) is 3.23. The second-order valence-electron chi connectivity index (χ2n) is 6.58. The lowest BCUT2D eigenvalue weighted by atomic mass is 9.89. The standard InChI is InChI=1S/C18H28FNO/c1-14-8-9-16(12-17(14)19)18(21)10-11-20(2)13-15-6-4-3-5-7-15/h8-9,12,15,18,21H,3-7,10-11,13H2,1-2H3. The summed E-state index contributed by atoms with van der Waals surface area (Å²) in [5.41, 5.74) is 1.31. The number of rotatable bonds is 6. The highest BCUT2D eigenvalue weighted by Crippen LogP contribution is 2.25. The van der Waals surface area contributed by atoms with Gasteiger partial charge < -0.3 is 10.0 Å². The molecule has 1 unspecified atom stereocenters. The second-order valence-corrected chi connectivity index (χ2v) is 6.58. The Morgan fingerprint density at radius 1 is 1.29 bits per heavy atom. The van der Waals surface area contributed by atoms with Gasteiger partial charge in [-0.3, -0.25) is 0 Å². The normalized spacial score (nSPS) is 18.1. The maximum Gasteiger partial charge on any atom is 0.126 e. The summed E-state index contributed by atoms with van der Waals surface area (Å²) in [6.45, 7) is 3.71. The van der Waals surface area contributed by atoms with Gasteiger partial charge in [0.2, 0.25) is 0 Å². The summed E-state index contributed by atoms with van der Waals surface area (Å²) < 4.78 is 13.5. The molecule has 0 bridgehead atoms. The molecule has 0 spiro atoms. The second kappa shape index (κ2) is 7.90. The van der Waals surface area contributed by atoms with Gasteiger partial charge in [0.15, 0.2) is 0 Å². The molecule has 21 heavy (non-hydrogen) atoms. The van der Waals surface area contributed by atoms with Crippen LogP contribution in [0.3, 0.4) is 0 Å². The third-order valence-electron chi connectivity index (χ3n) is 4.66.